The van der Waals surface area contributed by atoms with Crippen LogP contribution in [0, 0.1) is 6.92 Å². The third kappa shape index (κ3) is 9.82. The van der Waals surface area contributed by atoms with Gasteiger partial charge in [-0.2, -0.15) is 0 Å². The van der Waals surface area contributed by atoms with Crippen LogP contribution in [-0.4, -0.2) is 89.3 Å². The SMILES string of the molecule is Cc1ccc(NC(=O)C2(c3ccc4c(c3)OC(F)(F)O4)CC2)nc1-c1cccc(C(=O)NCCCCCC(=O)NCCc2cccc(N3CCN(C(=O)CCl)CC3=O)n2)c1. The van der Waals surface area contributed by atoms with E-state index in [1.54, 1.807) is 41.3 Å². The van der Waals surface area contributed by atoms with Crippen LogP contribution in [0.4, 0.5) is 20.4 Å². The zero-order valence-corrected chi connectivity index (χ0v) is 33.7. The van der Waals surface area contributed by atoms with Crippen LogP contribution in [0.1, 0.15) is 65.7 Å². The maximum Gasteiger partial charge on any atom is 0.586 e. The number of nitrogens with one attached hydrogen (secondary N) is 3. The molecule has 0 unspecified atom stereocenters. The summed E-state index contributed by atoms with van der Waals surface area (Å²) in [6, 6.07) is 20.4. The van der Waals surface area contributed by atoms with Crippen LogP contribution < -0.4 is 30.3 Å². The molecular formula is C43H44ClF2N7O7. The maximum absolute atomic E-state index is 13.6. The van der Waals surface area contributed by atoms with Crippen molar-refractivity contribution in [2.75, 3.05) is 48.8 Å². The quantitative estimate of drug-likeness (QED) is 0.0973. The lowest BCUT2D eigenvalue weighted by atomic mass is 9.94. The van der Waals surface area contributed by atoms with Crippen LogP contribution in [0.25, 0.3) is 11.3 Å². The third-order valence-corrected chi connectivity index (χ3v) is 10.9. The van der Waals surface area contributed by atoms with Crippen molar-refractivity contribution in [2.24, 2.45) is 0 Å². The van der Waals surface area contributed by atoms with Gasteiger partial charge in [-0.25, -0.2) is 9.97 Å². The Bertz CT molecular complexity index is 2310. The van der Waals surface area contributed by atoms with Crippen molar-refractivity contribution < 1.29 is 42.2 Å². The van der Waals surface area contributed by atoms with Gasteiger partial charge in [0.25, 0.3) is 5.91 Å². The molecule has 1 saturated heterocycles. The molecule has 314 valence electrons. The molecule has 0 spiro atoms. The van der Waals surface area contributed by atoms with Crippen LogP contribution in [0.15, 0.2) is 72.8 Å². The lowest BCUT2D eigenvalue weighted by molar-refractivity contribution is -0.286. The van der Waals surface area contributed by atoms with E-state index in [0.717, 1.165) is 17.7 Å². The summed E-state index contributed by atoms with van der Waals surface area (Å²) in [5.74, 6) is -0.703. The maximum atomic E-state index is 13.6. The van der Waals surface area contributed by atoms with Gasteiger partial charge in [-0.1, -0.05) is 36.8 Å². The summed E-state index contributed by atoms with van der Waals surface area (Å²) >= 11 is 5.63. The highest BCUT2D eigenvalue weighted by molar-refractivity contribution is 6.27. The summed E-state index contributed by atoms with van der Waals surface area (Å²) in [7, 11) is 0. The number of alkyl halides is 3. The summed E-state index contributed by atoms with van der Waals surface area (Å²) in [6.07, 6.45) is 0.221. The number of carbonyl (C=O) groups is 5. The molecular weight excluding hydrogens is 800 g/mol. The topological polar surface area (TPSA) is 172 Å². The predicted molar refractivity (Wildman–Crippen MR) is 218 cm³/mol. The van der Waals surface area contributed by atoms with Crippen molar-refractivity contribution in [1.82, 2.24) is 25.5 Å². The van der Waals surface area contributed by atoms with Crippen molar-refractivity contribution in [1.29, 1.82) is 0 Å². The van der Waals surface area contributed by atoms with E-state index in [-0.39, 0.29) is 53.5 Å². The molecule has 60 heavy (non-hydrogen) atoms. The largest absolute Gasteiger partial charge is 0.586 e. The summed E-state index contributed by atoms with van der Waals surface area (Å²) in [5.41, 5.74) is 2.93. The van der Waals surface area contributed by atoms with Gasteiger partial charge in [0.1, 0.15) is 24.1 Å². The number of benzene rings is 2. The van der Waals surface area contributed by atoms with E-state index >= 15 is 0 Å². The molecule has 3 N–H and O–H groups in total. The van der Waals surface area contributed by atoms with Gasteiger partial charge in [0.15, 0.2) is 11.5 Å². The van der Waals surface area contributed by atoms with Gasteiger partial charge >= 0.3 is 6.29 Å². The molecule has 3 aliphatic rings. The average molecular weight is 844 g/mol. The number of unbranched alkanes of at least 4 members (excludes halogenated alkanes) is 2. The normalized spacial score (nSPS) is 16.0. The second-order valence-electron chi connectivity index (χ2n) is 15.0. The number of nitrogens with zero attached hydrogens (tertiary/aromatic N) is 4. The number of halogens is 3. The number of aryl methyl sites for hydroxylation is 1. The van der Waals surface area contributed by atoms with Crippen LogP contribution >= 0.6 is 11.6 Å². The van der Waals surface area contributed by atoms with Gasteiger partial charge in [-0.05, 0) is 86.2 Å². The summed E-state index contributed by atoms with van der Waals surface area (Å²) in [4.78, 5) is 75.8. The van der Waals surface area contributed by atoms with E-state index < -0.39 is 11.7 Å². The van der Waals surface area contributed by atoms with E-state index in [2.05, 4.69) is 30.4 Å². The van der Waals surface area contributed by atoms with E-state index in [1.165, 1.54) is 17.0 Å². The fourth-order valence-electron chi connectivity index (χ4n) is 7.23. The number of pyridine rings is 2. The Kier molecular flexibility index (Phi) is 12.6. The molecule has 1 aliphatic carbocycles. The number of hydrogen-bond donors (Lipinski definition) is 3. The van der Waals surface area contributed by atoms with Gasteiger partial charge in [0, 0.05) is 55.8 Å². The number of anilines is 2. The Morgan fingerprint density at radius 3 is 2.45 bits per heavy atom. The Balaban J connectivity index is 0.825. The molecule has 2 aromatic heterocycles. The minimum atomic E-state index is -3.75. The monoisotopic (exact) mass is 843 g/mol. The van der Waals surface area contributed by atoms with Crippen molar-refractivity contribution in [3.8, 4) is 22.8 Å². The molecule has 17 heteroatoms. The van der Waals surface area contributed by atoms with Crippen molar-refractivity contribution in [2.45, 2.75) is 63.6 Å². The first-order valence-electron chi connectivity index (χ1n) is 19.8. The van der Waals surface area contributed by atoms with Gasteiger partial charge in [0.2, 0.25) is 23.6 Å². The number of carbonyl (C=O) groups excluding carboxylic acids is 5. The van der Waals surface area contributed by atoms with E-state index in [1.807, 2.05) is 31.2 Å². The van der Waals surface area contributed by atoms with Crippen LogP contribution in [-0.2, 0) is 31.0 Å². The average Bonchev–Trinajstić information content (AvgIpc) is 3.99. The Morgan fingerprint density at radius 2 is 1.67 bits per heavy atom. The van der Waals surface area contributed by atoms with Crippen LogP contribution in [0.3, 0.4) is 0 Å². The molecule has 14 nitrogen and oxygen atoms in total. The Hall–Kier alpha value is -6.16. The van der Waals surface area contributed by atoms with Gasteiger partial charge in [-0.3, -0.25) is 28.9 Å². The summed E-state index contributed by atoms with van der Waals surface area (Å²) < 4.78 is 36.2. The molecule has 0 atom stereocenters. The molecule has 4 aromatic rings. The fraction of sp³-hybridized carbons (Fsp3) is 0.372. The molecule has 4 heterocycles. The van der Waals surface area contributed by atoms with Gasteiger partial charge < -0.3 is 30.3 Å². The highest BCUT2D eigenvalue weighted by atomic mass is 35.5. The number of fused-ring (bicyclic) bond motifs is 1. The number of hydrogen-bond acceptors (Lipinski definition) is 9. The second kappa shape index (κ2) is 18.0. The van der Waals surface area contributed by atoms with Crippen LogP contribution in [0.2, 0.25) is 0 Å². The second-order valence-corrected chi connectivity index (χ2v) is 15.2. The number of aromatic nitrogens is 2. The first kappa shape index (κ1) is 42.0. The van der Waals surface area contributed by atoms with Crippen molar-refractivity contribution in [3.05, 3.63) is 95.2 Å². The molecule has 2 aliphatic heterocycles. The molecule has 2 fully saturated rings. The molecule has 7 rings (SSSR count). The van der Waals surface area contributed by atoms with E-state index in [9.17, 15) is 32.8 Å². The zero-order valence-electron chi connectivity index (χ0n) is 32.9. The summed E-state index contributed by atoms with van der Waals surface area (Å²) in [5, 5.41) is 8.74. The van der Waals surface area contributed by atoms with Crippen molar-refractivity contribution >= 4 is 52.8 Å². The number of rotatable bonds is 16. The molecule has 5 amide bonds. The molecule has 0 bridgehead atoms. The first-order valence-corrected chi connectivity index (χ1v) is 20.3. The minimum absolute atomic E-state index is 0.0421. The standard InChI is InChI=1S/C43H44ClF2N7O7/c1-27-12-15-34(51-41(58)42(17-18-42)30-13-14-32-33(24-30)60-43(45,46)59-32)50-39(27)28-7-5-8-29(23-28)40(57)48-19-4-2-3-11-36(54)47-20-16-31-9-6-10-35(49-31)53-22-21-52(26-38(53)56)37(55)25-44/h5-10,12-15,23-24H,2-4,11,16-22,25-26H2,1H3,(H,47,54)(H,48,57)(H,50,51,58). The zero-order chi connectivity index (χ0) is 42.4. The number of piperazine rings is 1. The third-order valence-electron chi connectivity index (χ3n) is 10.7. The fourth-order valence-corrected chi connectivity index (χ4v) is 7.40. The van der Waals surface area contributed by atoms with Gasteiger partial charge in [0.05, 0.1) is 11.1 Å². The Labute approximate surface area is 350 Å². The molecule has 0 radical (unpaired) electrons. The highest BCUT2D eigenvalue weighted by Gasteiger charge is 2.53. The summed E-state index contributed by atoms with van der Waals surface area (Å²) in [6.45, 7) is 3.37. The smallest absolute Gasteiger partial charge is 0.395 e. The van der Waals surface area contributed by atoms with E-state index in [4.69, 9.17) is 16.6 Å². The predicted octanol–water partition coefficient (Wildman–Crippen LogP) is 5.51. The molecule has 2 aromatic carbocycles. The van der Waals surface area contributed by atoms with Crippen LogP contribution in [0.5, 0.6) is 11.5 Å². The Morgan fingerprint density at radius 1 is 0.867 bits per heavy atom. The van der Waals surface area contributed by atoms with Gasteiger partial charge in [-0.15, -0.1) is 20.4 Å². The van der Waals surface area contributed by atoms with E-state index in [0.29, 0.717) is 98.7 Å². The minimum Gasteiger partial charge on any atom is -0.395 e. The lowest BCUT2D eigenvalue weighted by Crippen LogP contribution is -2.53. The van der Waals surface area contributed by atoms with Crippen molar-refractivity contribution in [3.63, 3.8) is 0 Å². The number of ether oxygens (including phenoxy) is 2. The lowest BCUT2D eigenvalue weighted by Gasteiger charge is -2.33. The number of amides is 5. The molecule has 1 saturated carbocycles. The first-order chi connectivity index (χ1) is 28.8. The highest BCUT2D eigenvalue weighted by Crippen LogP contribution is 2.52.